The second-order valence-corrected chi connectivity index (χ2v) is 4.75. The van der Waals surface area contributed by atoms with Crippen molar-refractivity contribution in [2.24, 2.45) is 0 Å². The van der Waals surface area contributed by atoms with Crippen LogP contribution in [0.5, 0.6) is 0 Å². The minimum absolute atomic E-state index is 0.0604. The fraction of sp³-hybridized carbons (Fsp3) is 0.143. The van der Waals surface area contributed by atoms with Crippen LogP contribution >= 0.6 is 11.6 Å². The number of aromatic nitrogens is 1. The molecule has 0 bridgehead atoms. The maximum atomic E-state index is 11.0. The lowest BCUT2D eigenvalue weighted by atomic mass is 10.2. The Hall–Kier alpha value is -2.67. The third kappa shape index (κ3) is 4.16. The first-order valence-corrected chi connectivity index (χ1v) is 6.64. The van der Waals surface area contributed by atoms with Crippen molar-refractivity contribution in [3.05, 3.63) is 57.2 Å². The van der Waals surface area contributed by atoms with E-state index < -0.39 is 4.92 Å². The summed E-state index contributed by atoms with van der Waals surface area (Å²) in [5.74, 6) is -0.300. The van der Waals surface area contributed by atoms with Gasteiger partial charge in [-0.15, -0.1) is 0 Å². The number of hydrogen-bond acceptors (Lipinski definition) is 6. The summed E-state index contributed by atoms with van der Waals surface area (Å²) in [5, 5.41) is 14.0. The summed E-state index contributed by atoms with van der Waals surface area (Å²) < 4.78 is 4.87. The lowest BCUT2D eigenvalue weighted by molar-refractivity contribution is -0.384. The van der Waals surface area contributed by atoms with Crippen molar-refractivity contribution in [1.82, 2.24) is 4.98 Å². The SMILES string of the molecule is CC(=O)OCc1ccc(Nc2nc(Cl)ccc2[N+](=O)[O-])cc1. The van der Waals surface area contributed by atoms with Crippen LogP contribution in [0.1, 0.15) is 12.5 Å². The quantitative estimate of drug-likeness (QED) is 0.392. The van der Waals surface area contributed by atoms with Crippen molar-refractivity contribution in [3.8, 4) is 0 Å². The van der Waals surface area contributed by atoms with E-state index in [1.54, 1.807) is 24.3 Å². The second kappa shape index (κ2) is 6.86. The lowest BCUT2D eigenvalue weighted by Crippen LogP contribution is -2.01. The molecule has 2 aromatic rings. The molecule has 0 saturated heterocycles. The number of ether oxygens (including phenoxy) is 1. The maximum absolute atomic E-state index is 11.0. The minimum Gasteiger partial charge on any atom is -0.461 e. The molecule has 1 heterocycles. The highest BCUT2D eigenvalue weighted by Crippen LogP contribution is 2.27. The molecular weight excluding hydrogens is 310 g/mol. The van der Waals surface area contributed by atoms with Crippen LogP contribution in [0.2, 0.25) is 5.15 Å². The largest absolute Gasteiger partial charge is 0.461 e. The predicted molar refractivity (Wildman–Crippen MR) is 81.1 cm³/mol. The van der Waals surface area contributed by atoms with E-state index in [1.165, 1.54) is 19.1 Å². The van der Waals surface area contributed by atoms with Gasteiger partial charge < -0.3 is 10.1 Å². The Morgan fingerprint density at radius 3 is 2.59 bits per heavy atom. The van der Waals surface area contributed by atoms with Gasteiger partial charge >= 0.3 is 11.7 Å². The Morgan fingerprint density at radius 1 is 1.32 bits per heavy atom. The normalized spacial score (nSPS) is 10.1. The van der Waals surface area contributed by atoms with Gasteiger partial charge in [0.25, 0.3) is 0 Å². The summed E-state index contributed by atoms with van der Waals surface area (Å²) in [5.41, 5.74) is 1.23. The zero-order chi connectivity index (χ0) is 16.1. The first-order valence-electron chi connectivity index (χ1n) is 6.26. The molecule has 0 atom stereocenters. The molecule has 0 aliphatic heterocycles. The van der Waals surface area contributed by atoms with Crippen LogP contribution in [0.3, 0.4) is 0 Å². The highest BCUT2D eigenvalue weighted by atomic mass is 35.5. The van der Waals surface area contributed by atoms with Crippen LogP contribution in [0.15, 0.2) is 36.4 Å². The smallest absolute Gasteiger partial charge is 0.311 e. The summed E-state index contributed by atoms with van der Waals surface area (Å²) in [4.78, 5) is 25.1. The predicted octanol–water partition coefficient (Wildman–Crippen LogP) is 3.45. The van der Waals surface area contributed by atoms with E-state index in [1.807, 2.05) is 0 Å². The fourth-order valence-corrected chi connectivity index (χ4v) is 1.82. The summed E-state index contributed by atoms with van der Waals surface area (Å²) in [6.45, 7) is 1.51. The number of halogens is 1. The first kappa shape index (κ1) is 15.7. The average Bonchev–Trinajstić information content (AvgIpc) is 2.46. The van der Waals surface area contributed by atoms with Gasteiger partial charge in [0.05, 0.1) is 4.92 Å². The van der Waals surface area contributed by atoms with E-state index in [-0.39, 0.29) is 29.2 Å². The first-order chi connectivity index (χ1) is 10.5. The van der Waals surface area contributed by atoms with Gasteiger partial charge in [0.2, 0.25) is 5.82 Å². The van der Waals surface area contributed by atoms with Crippen molar-refractivity contribution in [2.75, 3.05) is 5.32 Å². The molecular formula is C14H12ClN3O4. The Morgan fingerprint density at radius 2 is 2.00 bits per heavy atom. The number of nitro groups is 1. The average molecular weight is 322 g/mol. The van der Waals surface area contributed by atoms with Crippen LogP contribution in [-0.4, -0.2) is 15.9 Å². The zero-order valence-corrected chi connectivity index (χ0v) is 12.3. The lowest BCUT2D eigenvalue weighted by Gasteiger charge is -2.08. The number of anilines is 2. The molecule has 0 aliphatic carbocycles. The van der Waals surface area contributed by atoms with Crippen molar-refractivity contribution in [3.63, 3.8) is 0 Å². The molecule has 2 rings (SSSR count). The van der Waals surface area contributed by atoms with Crippen LogP contribution in [0.25, 0.3) is 0 Å². The van der Waals surface area contributed by atoms with Gasteiger partial charge in [-0.25, -0.2) is 4.98 Å². The number of nitrogens with one attached hydrogen (secondary N) is 1. The Kier molecular flexibility index (Phi) is 4.90. The number of hydrogen-bond donors (Lipinski definition) is 1. The molecule has 114 valence electrons. The molecule has 7 nitrogen and oxygen atoms in total. The Labute approximate surface area is 131 Å². The van der Waals surface area contributed by atoms with Gasteiger partial charge in [-0.3, -0.25) is 14.9 Å². The molecule has 0 radical (unpaired) electrons. The third-order valence-corrected chi connectivity index (χ3v) is 2.91. The van der Waals surface area contributed by atoms with E-state index >= 15 is 0 Å². The van der Waals surface area contributed by atoms with E-state index in [0.717, 1.165) is 5.56 Å². The number of carbonyl (C=O) groups excluding carboxylic acids is 1. The summed E-state index contributed by atoms with van der Waals surface area (Å²) >= 11 is 5.76. The highest BCUT2D eigenvalue weighted by Gasteiger charge is 2.15. The number of esters is 1. The molecule has 1 aromatic carbocycles. The molecule has 8 heteroatoms. The van der Waals surface area contributed by atoms with Crippen molar-refractivity contribution in [1.29, 1.82) is 0 Å². The van der Waals surface area contributed by atoms with Gasteiger partial charge in [0.1, 0.15) is 11.8 Å². The van der Waals surface area contributed by atoms with Crippen molar-refractivity contribution in [2.45, 2.75) is 13.5 Å². The van der Waals surface area contributed by atoms with E-state index in [2.05, 4.69) is 10.3 Å². The van der Waals surface area contributed by atoms with E-state index in [0.29, 0.717) is 5.69 Å². The monoisotopic (exact) mass is 321 g/mol. The Balaban J connectivity index is 2.15. The van der Waals surface area contributed by atoms with E-state index in [9.17, 15) is 14.9 Å². The number of carbonyl (C=O) groups is 1. The van der Waals surface area contributed by atoms with Crippen LogP contribution in [0.4, 0.5) is 17.2 Å². The highest BCUT2D eigenvalue weighted by molar-refractivity contribution is 6.29. The Bertz CT molecular complexity index is 704. The van der Waals surface area contributed by atoms with Crippen molar-refractivity contribution < 1.29 is 14.5 Å². The fourth-order valence-electron chi connectivity index (χ4n) is 1.67. The van der Waals surface area contributed by atoms with Gasteiger partial charge in [0.15, 0.2) is 0 Å². The summed E-state index contributed by atoms with van der Waals surface area (Å²) in [6, 6.07) is 9.51. The topological polar surface area (TPSA) is 94.4 Å². The van der Waals surface area contributed by atoms with Gasteiger partial charge in [-0.1, -0.05) is 23.7 Å². The van der Waals surface area contributed by atoms with E-state index in [4.69, 9.17) is 16.3 Å². The number of benzene rings is 1. The molecule has 0 aliphatic rings. The maximum Gasteiger partial charge on any atom is 0.311 e. The molecule has 0 spiro atoms. The molecule has 0 unspecified atom stereocenters. The van der Waals surface area contributed by atoms with Crippen LogP contribution in [-0.2, 0) is 16.1 Å². The number of pyridine rings is 1. The van der Waals surface area contributed by atoms with Gasteiger partial charge in [-0.05, 0) is 23.8 Å². The zero-order valence-electron chi connectivity index (χ0n) is 11.6. The molecule has 0 amide bonds. The third-order valence-electron chi connectivity index (χ3n) is 2.70. The second-order valence-electron chi connectivity index (χ2n) is 4.36. The summed E-state index contributed by atoms with van der Waals surface area (Å²) in [7, 11) is 0. The minimum atomic E-state index is -0.541. The number of nitrogens with zero attached hydrogens (tertiary/aromatic N) is 2. The van der Waals surface area contributed by atoms with Crippen LogP contribution in [0, 0.1) is 10.1 Å². The summed E-state index contributed by atoms with van der Waals surface area (Å²) in [6.07, 6.45) is 0. The molecule has 22 heavy (non-hydrogen) atoms. The van der Waals surface area contributed by atoms with Gasteiger partial charge in [0, 0.05) is 18.7 Å². The number of rotatable bonds is 5. The molecule has 0 fully saturated rings. The van der Waals surface area contributed by atoms with Gasteiger partial charge in [-0.2, -0.15) is 0 Å². The molecule has 0 saturated carbocycles. The standard InChI is InChI=1S/C14H12ClN3O4/c1-9(19)22-8-10-2-4-11(5-3-10)16-14-12(18(20)21)6-7-13(15)17-14/h2-7H,8H2,1H3,(H,16,17). The van der Waals surface area contributed by atoms with Crippen LogP contribution < -0.4 is 5.32 Å². The van der Waals surface area contributed by atoms with Crippen molar-refractivity contribution >= 4 is 34.8 Å². The molecule has 1 aromatic heterocycles. The molecule has 1 N–H and O–H groups in total.